The van der Waals surface area contributed by atoms with E-state index < -0.39 is 23.5 Å². The molecule has 2 aromatic rings. The highest BCUT2D eigenvalue weighted by Crippen LogP contribution is 2.44. The van der Waals surface area contributed by atoms with Gasteiger partial charge in [0.25, 0.3) is 5.91 Å². The van der Waals surface area contributed by atoms with Crippen LogP contribution in [-0.2, 0) is 4.79 Å². The van der Waals surface area contributed by atoms with Crippen molar-refractivity contribution in [2.75, 3.05) is 7.11 Å². The Balaban J connectivity index is 1.83. The van der Waals surface area contributed by atoms with Crippen LogP contribution in [0, 0.1) is 0 Å². The van der Waals surface area contributed by atoms with E-state index in [2.05, 4.69) is 0 Å². The second-order valence-corrected chi connectivity index (χ2v) is 7.05. The van der Waals surface area contributed by atoms with Crippen LogP contribution in [0.4, 0.5) is 0 Å². The number of hydrogen-bond donors (Lipinski definition) is 2. The number of ether oxygens (including phenoxy) is 1. The number of benzene rings is 1. The number of rotatable bonds is 5. The molecule has 146 valence electrons. The zero-order chi connectivity index (χ0) is 19.8. The van der Waals surface area contributed by atoms with Crippen molar-refractivity contribution in [1.82, 2.24) is 4.90 Å². The summed E-state index contributed by atoms with van der Waals surface area (Å²) < 4.78 is 10.3. The molecule has 0 radical (unpaired) electrons. The average molecular weight is 383 g/mol. The summed E-state index contributed by atoms with van der Waals surface area (Å²) in [5.41, 5.74) is 0.494. The monoisotopic (exact) mass is 383 g/mol. The van der Waals surface area contributed by atoms with Crippen LogP contribution in [0.5, 0.6) is 11.5 Å². The number of methoxy groups -OCH3 is 1. The highest BCUT2D eigenvalue weighted by molar-refractivity contribution is 6.15. The first-order valence-corrected chi connectivity index (χ1v) is 9.23. The fourth-order valence-electron chi connectivity index (χ4n) is 4.16. The van der Waals surface area contributed by atoms with Crippen molar-refractivity contribution in [1.29, 1.82) is 0 Å². The van der Waals surface area contributed by atoms with Crippen molar-refractivity contribution >= 4 is 11.7 Å². The van der Waals surface area contributed by atoms with Crippen molar-refractivity contribution in [3.8, 4) is 11.5 Å². The summed E-state index contributed by atoms with van der Waals surface area (Å²) in [5.74, 6) is -1.44. The van der Waals surface area contributed by atoms with Gasteiger partial charge in [0.05, 0.1) is 25.0 Å². The lowest BCUT2D eigenvalue weighted by Crippen LogP contribution is -2.38. The van der Waals surface area contributed by atoms with Gasteiger partial charge in [0.2, 0.25) is 5.78 Å². The lowest BCUT2D eigenvalue weighted by Gasteiger charge is -2.32. The molecule has 1 aromatic heterocycles. The smallest absolute Gasteiger partial charge is 0.290 e. The first-order chi connectivity index (χ1) is 13.5. The number of furan rings is 1. The summed E-state index contributed by atoms with van der Waals surface area (Å²) in [6.45, 7) is 0. The molecule has 1 saturated carbocycles. The van der Waals surface area contributed by atoms with E-state index >= 15 is 0 Å². The van der Waals surface area contributed by atoms with Crippen LogP contribution in [0.25, 0.3) is 0 Å². The minimum absolute atomic E-state index is 0.0311. The molecule has 28 heavy (non-hydrogen) atoms. The van der Waals surface area contributed by atoms with Gasteiger partial charge in [0, 0.05) is 6.04 Å². The Bertz CT molecular complexity index is 940. The van der Waals surface area contributed by atoms with E-state index in [0.717, 1.165) is 25.7 Å². The van der Waals surface area contributed by atoms with Gasteiger partial charge < -0.3 is 24.3 Å². The molecule has 2 N–H and O–H groups in total. The summed E-state index contributed by atoms with van der Waals surface area (Å²) in [7, 11) is 1.44. The summed E-state index contributed by atoms with van der Waals surface area (Å²) in [4.78, 5) is 27.5. The number of carbonyl (C=O) groups excluding carboxylic acids is 2. The number of aliphatic hydroxyl groups excluding tert-OH is 1. The average Bonchev–Trinajstić information content (AvgIpc) is 3.43. The molecular formula is C21H21NO6. The fraction of sp³-hybridized carbons (Fsp3) is 0.333. The fourth-order valence-corrected chi connectivity index (χ4v) is 4.16. The molecule has 2 heterocycles. The van der Waals surface area contributed by atoms with E-state index in [-0.39, 0.29) is 28.9 Å². The molecule has 1 aromatic carbocycles. The molecule has 1 aliphatic carbocycles. The molecule has 1 unspecified atom stereocenters. The predicted molar refractivity (Wildman–Crippen MR) is 99.2 cm³/mol. The van der Waals surface area contributed by atoms with Crippen LogP contribution >= 0.6 is 0 Å². The quantitative estimate of drug-likeness (QED) is 0.767. The Hall–Kier alpha value is -3.22. The van der Waals surface area contributed by atoms with Gasteiger partial charge in [-0.2, -0.15) is 0 Å². The SMILES string of the molecule is COc1ccc(C2C(C(=O)c3ccco3)=C(O)C(=O)N2C2CCCC2)cc1O. The summed E-state index contributed by atoms with van der Waals surface area (Å²) in [5, 5.41) is 20.8. The van der Waals surface area contributed by atoms with Crippen molar-refractivity contribution in [2.45, 2.75) is 37.8 Å². The molecule has 7 nitrogen and oxygen atoms in total. The Morgan fingerprint density at radius 2 is 1.96 bits per heavy atom. The molecular weight excluding hydrogens is 362 g/mol. The third-order valence-electron chi connectivity index (χ3n) is 5.47. The molecule has 0 saturated heterocycles. The molecule has 0 bridgehead atoms. The number of nitrogens with zero attached hydrogens (tertiary/aromatic N) is 1. The van der Waals surface area contributed by atoms with Crippen LogP contribution in [0.3, 0.4) is 0 Å². The molecule has 7 heteroatoms. The number of amides is 1. The maximum atomic E-state index is 13.0. The summed E-state index contributed by atoms with van der Waals surface area (Å²) in [6, 6.07) is 6.92. The van der Waals surface area contributed by atoms with Gasteiger partial charge in [0.1, 0.15) is 0 Å². The molecule has 0 spiro atoms. The minimum atomic E-state index is -0.801. The Kier molecular flexibility index (Phi) is 4.58. The van der Waals surface area contributed by atoms with Crippen LogP contribution in [0.15, 0.2) is 52.3 Å². The van der Waals surface area contributed by atoms with Gasteiger partial charge in [-0.1, -0.05) is 18.9 Å². The van der Waals surface area contributed by atoms with Gasteiger partial charge in [0.15, 0.2) is 23.0 Å². The van der Waals surface area contributed by atoms with Crippen LogP contribution in [0.2, 0.25) is 0 Å². The first-order valence-electron chi connectivity index (χ1n) is 9.23. The molecule has 4 rings (SSSR count). The van der Waals surface area contributed by atoms with Crippen molar-refractivity contribution in [3.05, 3.63) is 59.3 Å². The third kappa shape index (κ3) is 2.83. The van der Waals surface area contributed by atoms with E-state index in [0.29, 0.717) is 5.56 Å². The van der Waals surface area contributed by atoms with Gasteiger partial charge in [-0.05, 0) is 42.7 Å². The maximum absolute atomic E-state index is 13.0. The van der Waals surface area contributed by atoms with Crippen molar-refractivity contribution in [2.24, 2.45) is 0 Å². The van der Waals surface area contributed by atoms with Crippen LogP contribution < -0.4 is 4.74 Å². The molecule has 1 amide bonds. The molecule has 1 atom stereocenters. The van der Waals surface area contributed by atoms with E-state index in [1.807, 2.05) is 0 Å². The van der Waals surface area contributed by atoms with Gasteiger partial charge in [-0.25, -0.2) is 0 Å². The maximum Gasteiger partial charge on any atom is 0.290 e. The topological polar surface area (TPSA) is 100 Å². The Morgan fingerprint density at radius 1 is 1.21 bits per heavy atom. The van der Waals surface area contributed by atoms with E-state index in [4.69, 9.17) is 9.15 Å². The van der Waals surface area contributed by atoms with E-state index in [1.54, 1.807) is 23.1 Å². The summed E-state index contributed by atoms with van der Waals surface area (Å²) in [6.07, 6.45) is 4.94. The number of hydrogen-bond acceptors (Lipinski definition) is 6. The van der Waals surface area contributed by atoms with Crippen LogP contribution in [0.1, 0.15) is 47.8 Å². The largest absolute Gasteiger partial charge is 0.504 e. The number of carbonyl (C=O) groups is 2. The number of phenols is 1. The van der Waals surface area contributed by atoms with Crippen molar-refractivity contribution in [3.63, 3.8) is 0 Å². The second kappa shape index (κ2) is 7.07. The number of aliphatic hydroxyl groups is 1. The zero-order valence-corrected chi connectivity index (χ0v) is 15.4. The normalized spacial score (nSPS) is 20.2. The molecule has 2 aliphatic rings. The number of aromatic hydroxyl groups is 1. The number of ketones is 1. The highest BCUT2D eigenvalue weighted by Gasteiger charge is 2.47. The first kappa shape index (κ1) is 18.2. The van der Waals surface area contributed by atoms with Gasteiger partial charge >= 0.3 is 0 Å². The van der Waals surface area contributed by atoms with E-state index in [9.17, 15) is 19.8 Å². The van der Waals surface area contributed by atoms with E-state index in [1.165, 1.54) is 25.5 Å². The predicted octanol–water partition coefficient (Wildman–Crippen LogP) is 3.51. The number of phenolic OH excluding ortho intramolecular Hbond substituents is 1. The van der Waals surface area contributed by atoms with Gasteiger partial charge in [-0.3, -0.25) is 9.59 Å². The highest BCUT2D eigenvalue weighted by atomic mass is 16.5. The standard InChI is InChI=1S/C21H21NO6/c1-27-15-9-8-12(11-14(15)23)18-17(19(24)16-7-4-10-28-16)20(25)21(26)22(18)13-5-2-3-6-13/h4,7-11,13,18,23,25H,2-3,5-6H2,1H3. The number of Topliss-reactive ketones (excluding diaryl/α,β-unsaturated/α-hetero) is 1. The second-order valence-electron chi connectivity index (χ2n) is 7.05. The lowest BCUT2D eigenvalue weighted by atomic mass is 9.94. The Morgan fingerprint density at radius 3 is 2.57 bits per heavy atom. The molecule has 1 fully saturated rings. The minimum Gasteiger partial charge on any atom is -0.504 e. The third-order valence-corrected chi connectivity index (χ3v) is 5.47. The van der Waals surface area contributed by atoms with Crippen LogP contribution in [-0.4, -0.2) is 40.0 Å². The van der Waals surface area contributed by atoms with Gasteiger partial charge in [-0.15, -0.1) is 0 Å². The van der Waals surface area contributed by atoms with Crippen molar-refractivity contribution < 1.29 is 29.0 Å². The zero-order valence-electron chi connectivity index (χ0n) is 15.4. The molecule has 1 aliphatic heterocycles. The lowest BCUT2D eigenvalue weighted by molar-refractivity contribution is -0.131. The summed E-state index contributed by atoms with van der Waals surface area (Å²) >= 11 is 0. The Labute approximate surface area is 161 Å².